The molecular formula is C10H16FNO5. The van der Waals surface area contributed by atoms with Crippen molar-refractivity contribution in [3.8, 4) is 0 Å². The van der Waals surface area contributed by atoms with Gasteiger partial charge in [-0.3, -0.25) is 10.1 Å². The van der Waals surface area contributed by atoms with Gasteiger partial charge in [-0.15, -0.1) is 0 Å². The first-order valence-electron chi connectivity index (χ1n) is 4.82. The summed E-state index contributed by atoms with van der Waals surface area (Å²) < 4.78 is 21.8. The normalized spacial score (nSPS) is 14.4. The van der Waals surface area contributed by atoms with Crippen LogP contribution in [0, 0.1) is 0 Å². The van der Waals surface area contributed by atoms with Gasteiger partial charge >= 0.3 is 12.1 Å². The number of esters is 1. The van der Waals surface area contributed by atoms with Crippen molar-refractivity contribution in [3.05, 3.63) is 0 Å². The van der Waals surface area contributed by atoms with Crippen molar-refractivity contribution in [2.75, 3.05) is 13.8 Å². The van der Waals surface area contributed by atoms with Crippen LogP contribution in [0.2, 0.25) is 0 Å². The van der Waals surface area contributed by atoms with E-state index in [9.17, 15) is 18.8 Å². The predicted molar refractivity (Wildman–Crippen MR) is 56.2 cm³/mol. The number of rotatable bonds is 4. The molecule has 1 amide bonds. The standard InChI is InChI=1S/C10H16FNO5/c1-9(2,3)17-8(15)12-10(5-11,6-13)7(14)16-4/h6H,5H2,1-4H3,(H,12,15). The molecule has 0 heterocycles. The molecule has 0 aliphatic heterocycles. The number of nitrogens with one attached hydrogen (secondary N) is 1. The zero-order valence-corrected chi connectivity index (χ0v) is 10.2. The van der Waals surface area contributed by atoms with E-state index in [1.807, 2.05) is 5.32 Å². The number of aldehydes is 1. The Kier molecular flexibility index (Phi) is 5.06. The summed E-state index contributed by atoms with van der Waals surface area (Å²) >= 11 is 0. The molecule has 0 aliphatic carbocycles. The van der Waals surface area contributed by atoms with Crippen LogP contribution in [0.5, 0.6) is 0 Å². The Morgan fingerprint density at radius 1 is 1.35 bits per heavy atom. The first-order chi connectivity index (χ1) is 7.70. The molecule has 0 saturated heterocycles. The number of hydrogen-bond donors (Lipinski definition) is 1. The topological polar surface area (TPSA) is 81.7 Å². The largest absolute Gasteiger partial charge is 0.467 e. The molecule has 0 radical (unpaired) electrons. The predicted octanol–water partition coefficient (Wildman–Crippen LogP) is 0.591. The Morgan fingerprint density at radius 3 is 2.18 bits per heavy atom. The minimum absolute atomic E-state index is 0.0250. The monoisotopic (exact) mass is 249 g/mol. The van der Waals surface area contributed by atoms with Gasteiger partial charge < -0.3 is 9.47 Å². The molecular weight excluding hydrogens is 233 g/mol. The third-order valence-corrected chi connectivity index (χ3v) is 1.69. The molecule has 17 heavy (non-hydrogen) atoms. The summed E-state index contributed by atoms with van der Waals surface area (Å²) in [6, 6.07) is 0. The van der Waals surface area contributed by atoms with Gasteiger partial charge in [0.25, 0.3) is 0 Å². The molecule has 98 valence electrons. The van der Waals surface area contributed by atoms with Crippen LogP contribution in [0.1, 0.15) is 20.8 Å². The van der Waals surface area contributed by atoms with E-state index in [1.165, 1.54) is 0 Å². The van der Waals surface area contributed by atoms with E-state index >= 15 is 0 Å². The van der Waals surface area contributed by atoms with Crippen molar-refractivity contribution < 1.29 is 28.2 Å². The zero-order chi connectivity index (χ0) is 13.7. The molecule has 0 saturated carbocycles. The molecule has 0 aromatic carbocycles. The molecule has 1 N–H and O–H groups in total. The van der Waals surface area contributed by atoms with Crippen LogP contribution >= 0.6 is 0 Å². The van der Waals surface area contributed by atoms with Crippen LogP contribution in [-0.2, 0) is 19.1 Å². The minimum Gasteiger partial charge on any atom is -0.467 e. The summed E-state index contributed by atoms with van der Waals surface area (Å²) in [4.78, 5) is 33.3. The molecule has 0 rings (SSSR count). The maximum Gasteiger partial charge on any atom is 0.408 e. The second-order valence-electron chi connectivity index (χ2n) is 4.34. The Hall–Kier alpha value is -1.66. The summed E-state index contributed by atoms with van der Waals surface area (Å²) in [6.45, 7) is 3.34. The van der Waals surface area contributed by atoms with Gasteiger partial charge in [-0.1, -0.05) is 0 Å². The summed E-state index contributed by atoms with van der Waals surface area (Å²) in [5.74, 6) is -1.19. The van der Waals surface area contributed by atoms with E-state index in [0.717, 1.165) is 7.11 Å². The van der Waals surface area contributed by atoms with Gasteiger partial charge in [0.1, 0.15) is 12.3 Å². The quantitative estimate of drug-likeness (QED) is 0.448. The second kappa shape index (κ2) is 5.60. The second-order valence-corrected chi connectivity index (χ2v) is 4.34. The fraction of sp³-hybridized carbons (Fsp3) is 0.700. The maximum atomic E-state index is 12.7. The zero-order valence-electron chi connectivity index (χ0n) is 10.2. The highest BCUT2D eigenvalue weighted by molar-refractivity contribution is 6.01. The van der Waals surface area contributed by atoms with Crippen LogP contribution in [0.25, 0.3) is 0 Å². The highest BCUT2D eigenvalue weighted by Crippen LogP contribution is 2.10. The lowest BCUT2D eigenvalue weighted by Crippen LogP contribution is -2.59. The summed E-state index contributed by atoms with van der Waals surface area (Å²) in [7, 11) is 0.979. The van der Waals surface area contributed by atoms with E-state index in [0.29, 0.717) is 0 Å². The highest BCUT2D eigenvalue weighted by atomic mass is 19.1. The number of carbonyl (C=O) groups excluding carboxylic acids is 3. The number of carbonyl (C=O) groups is 3. The Labute approximate surface area is 98.5 Å². The Morgan fingerprint density at radius 2 is 1.88 bits per heavy atom. The van der Waals surface area contributed by atoms with E-state index in [-0.39, 0.29) is 6.29 Å². The SMILES string of the molecule is COC(=O)C(C=O)(CF)NC(=O)OC(C)(C)C. The lowest BCUT2D eigenvalue weighted by atomic mass is 10.0. The van der Waals surface area contributed by atoms with Crippen molar-refractivity contribution in [1.29, 1.82) is 0 Å². The molecule has 1 atom stereocenters. The van der Waals surface area contributed by atoms with Gasteiger partial charge in [-0.05, 0) is 20.8 Å². The first-order valence-corrected chi connectivity index (χ1v) is 4.82. The summed E-state index contributed by atoms with van der Waals surface area (Å²) in [5, 5.41) is 1.86. The van der Waals surface area contributed by atoms with Gasteiger partial charge in [0.05, 0.1) is 7.11 Å². The number of methoxy groups -OCH3 is 1. The summed E-state index contributed by atoms with van der Waals surface area (Å²) in [5.41, 5.74) is -3.18. The minimum atomic E-state index is -2.35. The van der Waals surface area contributed by atoms with Crippen molar-refractivity contribution >= 4 is 18.3 Å². The number of alkyl halides is 1. The average Bonchev–Trinajstić information content (AvgIpc) is 2.22. The fourth-order valence-electron chi connectivity index (χ4n) is 0.916. The first kappa shape index (κ1) is 15.3. The van der Waals surface area contributed by atoms with Gasteiger partial charge in [0.15, 0.2) is 6.29 Å². The number of halogens is 1. The van der Waals surface area contributed by atoms with Crippen LogP contribution in [0.4, 0.5) is 9.18 Å². The molecule has 0 aromatic heterocycles. The molecule has 0 aliphatic rings. The van der Waals surface area contributed by atoms with Gasteiger partial charge in [0.2, 0.25) is 5.54 Å². The van der Waals surface area contributed by atoms with Crippen LogP contribution in [0.15, 0.2) is 0 Å². The van der Waals surface area contributed by atoms with Gasteiger partial charge in [0, 0.05) is 0 Å². The van der Waals surface area contributed by atoms with E-state index in [2.05, 4.69) is 4.74 Å². The number of alkyl carbamates (subject to hydrolysis) is 1. The molecule has 6 nitrogen and oxygen atoms in total. The lowest BCUT2D eigenvalue weighted by molar-refractivity contribution is -0.151. The van der Waals surface area contributed by atoms with Crippen LogP contribution in [-0.4, -0.2) is 43.3 Å². The van der Waals surface area contributed by atoms with Crippen molar-refractivity contribution in [1.82, 2.24) is 5.32 Å². The van der Waals surface area contributed by atoms with Gasteiger partial charge in [-0.2, -0.15) is 0 Å². The number of ether oxygens (including phenoxy) is 2. The molecule has 0 aromatic rings. The smallest absolute Gasteiger partial charge is 0.408 e. The Bertz CT molecular complexity index is 312. The van der Waals surface area contributed by atoms with Crippen molar-refractivity contribution in [3.63, 3.8) is 0 Å². The lowest BCUT2D eigenvalue weighted by Gasteiger charge is -2.26. The van der Waals surface area contributed by atoms with Crippen LogP contribution in [0.3, 0.4) is 0 Å². The Balaban J connectivity index is 4.83. The maximum absolute atomic E-state index is 12.7. The van der Waals surface area contributed by atoms with E-state index in [1.54, 1.807) is 20.8 Å². The molecule has 7 heteroatoms. The van der Waals surface area contributed by atoms with E-state index < -0.39 is 29.9 Å². The molecule has 0 bridgehead atoms. The third kappa shape index (κ3) is 4.38. The summed E-state index contributed by atoms with van der Waals surface area (Å²) in [6.07, 6.45) is -1.10. The molecule has 0 spiro atoms. The molecule has 0 fully saturated rings. The fourth-order valence-corrected chi connectivity index (χ4v) is 0.916. The van der Waals surface area contributed by atoms with Crippen molar-refractivity contribution in [2.45, 2.75) is 31.9 Å². The van der Waals surface area contributed by atoms with Gasteiger partial charge in [-0.25, -0.2) is 14.0 Å². The molecule has 1 unspecified atom stereocenters. The third-order valence-electron chi connectivity index (χ3n) is 1.69. The number of amides is 1. The number of hydrogen-bond acceptors (Lipinski definition) is 5. The highest BCUT2D eigenvalue weighted by Gasteiger charge is 2.42. The van der Waals surface area contributed by atoms with Crippen LogP contribution < -0.4 is 5.32 Å². The van der Waals surface area contributed by atoms with E-state index in [4.69, 9.17) is 4.74 Å². The van der Waals surface area contributed by atoms with Crippen molar-refractivity contribution in [2.24, 2.45) is 0 Å². The average molecular weight is 249 g/mol.